The topological polar surface area (TPSA) is 66.4 Å². The standard InChI is InChI=1S/C19H21FN4O2/c1-12-16-8-9-18(26)24(10-14-4-6-15(20)7-5-14)19(16)22-17(21-12)11-23(3)13(2)25/h4-7H,8-11H2,1-3H3. The predicted octanol–water partition coefficient (Wildman–Crippen LogP) is 2.38. The Labute approximate surface area is 151 Å². The van der Waals surface area contributed by atoms with E-state index in [1.54, 1.807) is 24.1 Å². The van der Waals surface area contributed by atoms with Crippen LogP contribution in [0.25, 0.3) is 0 Å². The van der Waals surface area contributed by atoms with Crippen LogP contribution in [0.5, 0.6) is 0 Å². The van der Waals surface area contributed by atoms with Crippen LogP contribution in [-0.2, 0) is 29.1 Å². The van der Waals surface area contributed by atoms with E-state index in [0.717, 1.165) is 16.8 Å². The van der Waals surface area contributed by atoms with Gasteiger partial charge in [-0.05, 0) is 31.0 Å². The fraction of sp³-hybridized carbons (Fsp3) is 0.368. The van der Waals surface area contributed by atoms with Gasteiger partial charge in [-0.25, -0.2) is 14.4 Å². The zero-order valence-corrected chi connectivity index (χ0v) is 15.1. The maximum Gasteiger partial charge on any atom is 0.228 e. The minimum atomic E-state index is -0.313. The molecule has 0 saturated heterocycles. The van der Waals surface area contributed by atoms with Crippen molar-refractivity contribution in [3.8, 4) is 0 Å². The number of nitrogens with zero attached hydrogens (tertiary/aromatic N) is 4. The molecule has 1 aliphatic rings. The van der Waals surface area contributed by atoms with E-state index in [1.165, 1.54) is 24.0 Å². The average Bonchev–Trinajstić information content (AvgIpc) is 2.59. The molecular weight excluding hydrogens is 335 g/mol. The number of hydrogen-bond acceptors (Lipinski definition) is 4. The zero-order valence-electron chi connectivity index (χ0n) is 15.1. The Morgan fingerprint density at radius 1 is 1.23 bits per heavy atom. The van der Waals surface area contributed by atoms with Crippen molar-refractivity contribution >= 4 is 17.6 Å². The minimum Gasteiger partial charge on any atom is -0.338 e. The number of halogens is 1. The van der Waals surface area contributed by atoms with Gasteiger partial charge in [-0.2, -0.15) is 0 Å². The number of carbonyl (C=O) groups is 2. The first kappa shape index (κ1) is 18.0. The molecular formula is C19H21FN4O2. The van der Waals surface area contributed by atoms with E-state index in [1.807, 2.05) is 6.92 Å². The molecule has 0 N–H and O–H groups in total. The number of fused-ring (bicyclic) bond motifs is 1. The number of amides is 2. The largest absolute Gasteiger partial charge is 0.338 e. The summed E-state index contributed by atoms with van der Waals surface area (Å²) in [6, 6.07) is 6.08. The van der Waals surface area contributed by atoms with Crippen LogP contribution in [0.1, 0.15) is 36.0 Å². The van der Waals surface area contributed by atoms with Gasteiger partial charge in [0.05, 0.1) is 13.1 Å². The molecule has 136 valence electrons. The summed E-state index contributed by atoms with van der Waals surface area (Å²) in [5.74, 6) is 0.670. The Morgan fingerprint density at radius 3 is 2.58 bits per heavy atom. The molecule has 2 aromatic rings. The maximum atomic E-state index is 13.1. The summed E-state index contributed by atoms with van der Waals surface area (Å²) in [7, 11) is 1.68. The molecule has 3 rings (SSSR count). The summed E-state index contributed by atoms with van der Waals surface area (Å²) in [5, 5.41) is 0. The summed E-state index contributed by atoms with van der Waals surface area (Å²) >= 11 is 0. The molecule has 1 aromatic carbocycles. The van der Waals surface area contributed by atoms with Crippen LogP contribution in [-0.4, -0.2) is 33.7 Å². The molecule has 0 spiro atoms. The average molecular weight is 356 g/mol. The van der Waals surface area contributed by atoms with Gasteiger partial charge in [-0.1, -0.05) is 12.1 Å². The fourth-order valence-electron chi connectivity index (χ4n) is 2.97. The molecule has 0 radical (unpaired) electrons. The lowest BCUT2D eigenvalue weighted by atomic mass is 10.0. The maximum absolute atomic E-state index is 13.1. The van der Waals surface area contributed by atoms with E-state index >= 15 is 0 Å². The molecule has 0 atom stereocenters. The first-order chi connectivity index (χ1) is 12.3. The minimum absolute atomic E-state index is 0.0224. The predicted molar refractivity (Wildman–Crippen MR) is 94.8 cm³/mol. The van der Waals surface area contributed by atoms with Crippen LogP contribution in [0.3, 0.4) is 0 Å². The summed E-state index contributed by atoms with van der Waals surface area (Å²) in [4.78, 5) is 36.2. The SMILES string of the molecule is CC(=O)N(C)Cc1nc(C)c2c(n1)N(Cc1ccc(F)cc1)C(=O)CC2. The van der Waals surface area contributed by atoms with Gasteiger partial charge in [0.25, 0.3) is 0 Å². The van der Waals surface area contributed by atoms with Crippen LogP contribution in [0.2, 0.25) is 0 Å². The van der Waals surface area contributed by atoms with E-state index in [2.05, 4.69) is 9.97 Å². The number of aromatic nitrogens is 2. The van der Waals surface area contributed by atoms with E-state index in [4.69, 9.17) is 0 Å². The van der Waals surface area contributed by atoms with Crippen molar-refractivity contribution in [2.24, 2.45) is 0 Å². The van der Waals surface area contributed by atoms with Gasteiger partial charge in [0.1, 0.15) is 17.5 Å². The summed E-state index contributed by atoms with van der Waals surface area (Å²) in [5.41, 5.74) is 2.59. The highest BCUT2D eigenvalue weighted by Crippen LogP contribution is 2.29. The fourth-order valence-corrected chi connectivity index (χ4v) is 2.97. The Bertz CT molecular complexity index is 851. The Kier molecular flexibility index (Phi) is 4.97. The molecule has 26 heavy (non-hydrogen) atoms. The molecule has 1 aliphatic heterocycles. The van der Waals surface area contributed by atoms with Gasteiger partial charge in [-0.15, -0.1) is 0 Å². The molecule has 2 heterocycles. The second-order valence-corrected chi connectivity index (χ2v) is 6.51. The monoisotopic (exact) mass is 356 g/mol. The van der Waals surface area contributed by atoms with Gasteiger partial charge in [-0.3, -0.25) is 14.5 Å². The molecule has 7 heteroatoms. The van der Waals surface area contributed by atoms with E-state index < -0.39 is 0 Å². The lowest BCUT2D eigenvalue weighted by Gasteiger charge is -2.29. The van der Waals surface area contributed by atoms with Gasteiger partial charge >= 0.3 is 0 Å². The molecule has 0 aliphatic carbocycles. The molecule has 0 unspecified atom stereocenters. The van der Waals surface area contributed by atoms with Gasteiger partial charge in [0.15, 0.2) is 0 Å². The van der Waals surface area contributed by atoms with Gasteiger partial charge < -0.3 is 4.90 Å². The van der Waals surface area contributed by atoms with Crippen LogP contribution in [0, 0.1) is 12.7 Å². The smallest absolute Gasteiger partial charge is 0.228 e. The highest BCUT2D eigenvalue weighted by molar-refractivity contribution is 5.95. The molecule has 0 saturated carbocycles. The number of hydrogen-bond donors (Lipinski definition) is 0. The summed E-state index contributed by atoms with van der Waals surface area (Å²) < 4.78 is 13.1. The molecule has 2 amide bonds. The Morgan fingerprint density at radius 2 is 1.92 bits per heavy atom. The molecule has 0 fully saturated rings. The second kappa shape index (κ2) is 7.19. The highest BCUT2D eigenvalue weighted by atomic mass is 19.1. The summed E-state index contributed by atoms with van der Waals surface area (Å²) in [6.07, 6.45) is 0.994. The van der Waals surface area contributed by atoms with Crippen molar-refractivity contribution in [2.75, 3.05) is 11.9 Å². The van der Waals surface area contributed by atoms with Crippen LogP contribution < -0.4 is 4.90 Å². The molecule has 0 bridgehead atoms. The normalized spacial score (nSPS) is 13.5. The number of carbonyl (C=O) groups excluding carboxylic acids is 2. The first-order valence-corrected chi connectivity index (χ1v) is 8.48. The number of aryl methyl sites for hydroxylation is 1. The van der Waals surface area contributed by atoms with E-state index in [-0.39, 0.29) is 24.2 Å². The van der Waals surface area contributed by atoms with Crippen molar-refractivity contribution in [2.45, 2.75) is 39.8 Å². The third-order valence-corrected chi connectivity index (χ3v) is 4.55. The van der Waals surface area contributed by atoms with Crippen molar-refractivity contribution in [3.63, 3.8) is 0 Å². The van der Waals surface area contributed by atoms with Crippen molar-refractivity contribution < 1.29 is 14.0 Å². The molecule has 6 nitrogen and oxygen atoms in total. The number of benzene rings is 1. The summed E-state index contributed by atoms with van der Waals surface area (Å²) in [6.45, 7) is 3.98. The van der Waals surface area contributed by atoms with Crippen molar-refractivity contribution in [3.05, 3.63) is 52.7 Å². The second-order valence-electron chi connectivity index (χ2n) is 6.51. The lowest BCUT2D eigenvalue weighted by Crippen LogP contribution is -2.36. The highest BCUT2D eigenvalue weighted by Gasteiger charge is 2.28. The van der Waals surface area contributed by atoms with Crippen molar-refractivity contribution in [1.29, 1.82) is 0 Å². The van der Waals surface area contributed by atoms with E-state index in [9.17, 15) is 14.0 Å². The third kappa shape index (κ3) is 3.71. The van der Waals surface area contributed by atoms with Crippen LogP contribution >= 0.6 is 0 Å². The zero-order chi connectivity index (χ0) is 18.8. The van der Waals surface area contributed by atoms with Crippen molar-refractivity contribution in [1.82, 2.24) is 14.9 Å². The Balaban J connectivity index is 1.95. The molecule has 1 aromatic heterocycles. The lowest BCUT2D eigenvalue weighted by molar-refractivity contribution is -0.128. The van der Waals surface area contributed by atoms with Crippen LogP contribution in [0.15, 0.2) is 24.3 Å². The van der Waals surface area contributed by atoms with Crippen LogP contribution in [0.4, 0.5) is 10.2 Å². The Hall–Kier alpha value is -2.83. The third-order valence-electron chi connectivity index (χ3n) is 4.55. The van der Waals surface area contributed by atoms with Gasteiger partial charge in [0, 0.05) is 31.6 Å². The van der Waals surface area contributed by atoms with E-state index in [0.29, 0.717) is 31.0 Å². The quantitative estimate of drug-likeness (QED) is 0.844. The first-order valence-electron chi connectivity index (χ1n) is 8.48. The number of rotatable bonds is 4. The van der Waals surface area contributed by atoms with Gasteiger partial charge in [0.2, 0.25) is 11.8 Å². The number of anilines is 1.